The van der Waals surface area contributed by atoms with E-state index in [1.165, 1.54) is 17.1 Å². The zero-order valence-electron chi connectivity index (χ0n) is 6.22. The first kappa shape index (κ1) is 7.98. The number of hydrogen-bond donors (Lipinski definition) is 0. The Labute approximate surface area is 65.0 Å². The molecule has 0 spiro atoms. The standard InChI is InChI=1S/C8H10FNO/c1-2-8(11)10-5-3-4-7(9)6-10/h2,4H,1,3,5-6H2. The van der Waals surface area contributed by atoms with E-state index in [1.54, 1.807) is 0 Å². The highest BCUT2D eigenvalue weighted by Crippen LogP contribution is 2.10. The third-order valence-electron chi connectivity index (χ3n) is 1.59. The van der Waals surface area contributed by atoms with Gasteiger partial charge in [-0.05, 0) is 18.6 Å². The predicted molar refractivity (Wildman–Crippen MR) is 40.6 cm³/mol. The molecule has 0 saturated heterocycles. The first-order valence-corrected chi connectivity index (χ1v) is 3.50. The van der Waals surface area contributed by atoms with Gasteiger partial charge in [-0.25, -0.2) is 4.39 Å². The molecule has 0 radical (unpaired) electrons. The average molecular weight is 155 g/mol. The van der Waals surface area contributed by atoms with E-state index in [1.807, 2.05) is 0 Å². The molecule has 60 valence electrons. The van der Waals surface area contributed by atoms with Crippen molar-refractivity contribution < 1.29 is 9.18 Å². The number of carbonyl (C=O) groups excluding carboxylic acids is 1. The number of halogens is 1. The molecule has 0 atom stereocenters. The Morgan fingerprint density at radius 1 is 1.82 bits per heavy atom. The second-order valence-electron chi connectivity index (χ2n) is 2.40. The predicted octanol–water partition coefficient (Wildman–Crippen LogP) is 1.26. The van der Waals surface area contributed by atoms with Gasteiger partial charge in [-0.2, -0.15) is 0 Å². The lowest BCUT2D eigenvalue weighted by atomic mass is 10.2. The summed E-state index contributed by atoms with van der Waals surface area (Å²) in [6, 6.07) is 0. The molecular formula is C8H10FNO. The molecule has 0 fully saturated rings. The summed E-state index contributed by atoms with van der Waals surface area (Å²) in [5.41, 5.74) is 0. The van der Waals surface area contributed by atoms with E-state index in [0.717, 1.165) is 0 Å². The number of hydrogen-bond acceptors (Lipinski definition) is 1. The highest BCUT2D eigenvalue weighted by molar-refractivity contribution is 5.87. The van der Waals surface area contributed by atoms with Gasteiger partial charge in [-0.15, -0.1) is 0 Å². The lowest BCUT2D eigenvalue weighted by molar-refractivity contribution is -0.126. The van der Waals surface area contributed by atoms with Crippen molar-refractivity contribution in [3.63, 3.8) is 0 Å². The topological polar surface area (TPSA) is 20.3 Å². The van der Waals surface area contributed by atoms with Crippen molar-refractivity contribution >= 4 is 5.91 Å². The van der Waals surface area contributed by atoms with Gasteiger partial charge in [0.25, 0.3) is 0 Å². The fourth-order valence-corrected chi connectivity index (χ4v) is 1.02. The zero-order chi connectivity index (χ0) is 8.27. The third kappa shape index (κ3) is 1.90. The smallest absolute Gasteiger partial charge is 0.246 e. The van der Waals surface area contributed by atoms with Crippen molar-refractivity contribution in [1.29, 1.82) is 0 Å². The van der Waals surface area contributed by atoms with Crippen molar-refractivity contribution in [3.05, 3.63) is 24.6 Å². The third-order valence-corrected chi connectivity index (χ3v) is 1.59. The molecule has 0 saturated carbocycles. The van der Waals surface area contributed by atoms with Crippen LogP contribution in [0.2, 0.25) is 0 Å². The summed E-state index contributed by atoms with van der Waals surface area (Å²) in [4.78, 5) is 12.4. The Hall–Kier alpha value is -1.12. The fourth-order valence-electron chi connectivity index (χ4n) is 1.02. The molecule has 0 aromatic carbocycles. The maximum Gasteiger partial charge on any atom is 0.246 e. The summed E-state index contributed by atoms with van der Waals surface area (Å²) in [5, 5.41) is 0. The average Bonchev–Trinajstić information content (AvgIpc) is 2.03. The van der Waals surface area contributed by atoms with Gasteiger partial charge in [-0.3, -0.25) is 4.79 Å². The Morgan fingerprint density at radius 3 is 3.09 bits per heavy atom. The van der Waals surface area contributed by atoms with E-state index < -0.39 is 0 Å². The van der Waals surface area contributed by atoms with Gasteiger partial charge >= 0.3 is 0 Å². The van der Waals surface area contributed by atoms with E-state index >= 15 is 0 Å². The lowest BCUT2D eigenvalue weighted by Gasteiger charge is -2.22. The van der Waals surface area contributed by atoms with Crippen LogP contribution in [-0.2, 0) is 4.79 Å². The SMILES string of the molecule is C=CC(=O)N1CCC=C(F)C1. The monoisotopic (exact) mass is 155 g/mol. The molecule has 0 aromatic heterocycles. The minimum Gasteiger partial charge on any atom is -0.332 e. The number of amides is 1. The zero-order valence-corrected chi connectivity index (χ0v) is 6.22. The van der Waals surface area contributed by atoms with Gasteiger partial charge in [0, 0.05) is 6.54 Å². The van der Waals surface area contributed by atoms with Crippen LogP contribution in [0.3, 0.4) is 0 Å². The minimum absolute atomic E-state index is 0.102. The minimum atomic E-state index is -0.230. The van der Waals surface area contributed by atoms with Crippen LogP contribution in [0.5, 0.6) is 0 Å². The van der Waals surface area contributed by atoms with Crippen molar-refractivity contribution in [1.82, 2.24) is 4.90 Å². The summed E-state index contributed by atoms with van der Waals surface area (Å²) >= 11 is 0. The van der Waals surface area contributed by atoms with Crippen LogP contribution < -0.4 is 0 Å². The summed E-state index contributed by atoms with van der Waals surface area (Å²) < 4.78 is 12.6. The van der Waals surface area contributed by atoms with E-state index in [0.29, 0.717) is 13.0 Å². The van der Waals surface area contributed by atoms with Gasteiger partial charge in [0.05, 0.1) is 6.54 Å². The number of carbonyl (C=O) groups is 1. The van der Waals surface area contributed by atoms with Gasteiger partial charge < -0.3 is 4.90 Å². The van der Waals surface area contributed by atoms with Gasteiger partial charge in [0.15, 0.2) is 0 Å². The van der Waals surface area contributed by atoms with Crippen LogP contribution in [0, 0.1) is 0 Å². The number of rotatable bonds is 1. The molecule has 11 heavy (non-hydrogen) atoms. The largest absolute Gasteiger partial charge is 0.332 e. The van der Waals surface area contributed by atoms with Crippen molar-refractivity contribution in [2.75, 3.05) is 13.1 Å². The molecule has 0 unspecified atom stereocenters. The molecule has 0 aliphatic carbocycles. The summed E-state index contributed by atoms with van der Waals surface area (Å²) in [5.74, 6) is -0.431. The summed E-state index contributed by atoms with van der Waals surface area (Å²) in [6.45, 7) is 4.03. The molecule has 1 heterocycles. The molecule has 0 N–H and O–H groups in total. The fraction of sp³-hybridized carbons (Fsp3) is 0.375. The molecule has 2 nitrogen and oxygen atoms in total. The van der Waals surface area contributed by atoms with E-state index in [9.17, 15) is 9.18 Å². The van der Waals surface area contributed by atoms with Crippen molar-refractivity contribution in [2.45, 2.75) is 6.42 Å². The maximum absolute atomic E-state index is 12.6. The molecule has 3 heteroatoms. The van der Waals surface area contributed by atoms with E-state index in [-0.39, 0.29) is 18.3 Å². The molecule has 1 rings (SSSR count). The van der Waals surface area contributed by atoms with Crippen molar-refractivity contribution in [3.8, 4) is 0 Å². The normalized spacial score (nSPS) is 17.5. The van der Waals surface area contributed by atoms with Crippen LogP contribution >= 0.6 is 0 Å². The maximum atomic E-state index is 12.6. The van der Waals surface area contributed by atoms with Crippen molar-refractivity contribution in [2.24, 2.45) is 0 Å². The first-order chi connectivity index (χ1) is 5.24. The van der Waals surface area contributed by atoms with Crippen LogP contribution in [0.1, 0.15) is 6.42 Å². The summed E-state index contributed by atoms with van der Waals surface area (Å²) in [6.07, 6.45) is 3.32. The molecule has 1 aliphatic rings. The van der Waals surface area contributed by atoms with Gasteiger partial charge in [0.2, 0.25) is 5.91 Å². The first-order valence-electron chi connectivity index (χ1n) is 3.50. The second-order valence-corrected chi connectivity index (χ2v) is 2.40. The highest BCUT2D eigenvalue weighted by atomic mass is 19.1. The Balaban J connectivity index is 2.57. The van der Waals surface area contributed by atoms with Gasteiger partial charge in [-0.1, -0.05) is 6.58 Å². The quantitative estimate of drug-likeness (QED) is 0.522. The lowest BCUT2D eigenvalue weighted by Crippen LogP contribution is -2.33. The second kappa shape index (κ2) is 3.32. The van der Waals surface area contributed by atoms with Crippen LogP contribution in [0.25, 0.3) is 0 Å². The molecule has 0 bridgehead atoms. The number of nitrogens with zero attached hydrogens (tertiary/aromatic N) is 1. The van der Waals surface area contributed by atoms with Crippen LogP contribution in [0.4, 0.5) is 4.39 Å². The Kier molecular flexibility index (Phi) is 2.41. The van der Waals surface area contributed by atoms with Crippen LogP contribution in [0.15, 0.2) is 24.6 Å². The van der Waals surface area contributed by atoms with Gasteiger partial charge in [0.1, 0.15) is 5.83 Å². The Bertz CT molecular complexity index is 210. The van der Waals surface area contributed by atoms with E-state index in [2.05, 4.69) is 6.58 Å². The highest BCUT2D eigenvalue weighted by Gasteiger charge is 2.14. The molecule has 0 aromatic rings. The van der Waals surface area contributed by atoms with E-state index in [4.69, 9.17) is 0 Å². The molecule has 1 aliphatic heterocycles. The van der Waals surface area contributed by atoms with Crippen LogP contribution in [-0.4, -0.2) is 23.9 Å². The molecular weight excluding hydrogens is 145 g/mol. The molecule has 1 amide bonds. The summed E-state index contributed by atoms with van der Waals surface area (Å²) in [7, 11) is 0. The Morgan fingerprint density at radius 2 is 2.55 bits per heavy atom.